The second-order valence-electron chi connectivity index (χ2n) is 5.71. The van der Waals surface area contributed by atoms with Gasteiger partial charge in [-0.25, -0.2) is 14.2 Å². The van der Waals surface area contributed by atoms with Gasteiger partial charge < -0.3 is 15.3 Å². The predicted octanol–water partition coefficient (Wildman–Crippen LogP) is 2.38. The average Bonchev–Trinajstić information content (AvgIpc) is 2.46. The second kappa shape index (κ2) is 6.17. The van der Waals surface area contributed by atoms with Crippen LogP contribution in [0.25, 0.3) is 0 Å². The standard InChI is InChI=1S/C16H20FN3O2/c1-9(2)13-12(15(21)22)14(19-16(18-13)20(3)4)10-5-7-11(17)8-6-10/h5-9,14H,1-4H3,(H,18,19)(H,21,22). The first kappa shape index (κ1) is 16.0. The van der Waals surface area contributed by atoms with Crippen LogP contribution in [0, 0.1) is 11.7 Å². The van der Waals surface area contributed by atoms with Crippen molar-refractivity contribution in [2.24, 2.45) is 10.9 Å². The quantitative estimate of drug-likeness (QED) is 0.900. The molecular weight excluding hydrogens is 285 g/mol. The molecule has 1 aromatic carbocycles. The van der Waals surface area contributed by atoms with Crippen molar-refractivity contribution in [2.75, 3.05) is 14.1 Å². The van der Waals surface area contributed by atoms with Gasteiger partial charge in [0.1, 0.15) is 11.9 Å². The number of carbonyl (C=O) groups is 1. The Kier molecular flexibility index (Phi) is 4.49. The summed E-state index contributed by atoms with van der Waals surface area (Å²) < 4.78 is 13.1. The van der Waals surface area contributed by atoms with E-state index in [-0.39, 0.29) is 17.3 Å². The molecule has 1 heterocycles. The minimum Gasteiger partial charge on any atom is -0.478 e. The summed E-state index contributed by atoms with van der Waals surface area (Å²) in [6, 6.07) is 5.12. The highest BCUT2D eigenvalue weighted by Gasteiger charge is 2.32. The molecular formula is C16H20FN3O2. The fraction of sp³-hybridized carbons (Fsp3) is 0.375. The first-order chi connectivity index (χ1) is 10.3. The van der Waals surface area contributed by atoms with E-state index in [4.69, 9.17) is 0 Å². The van der Waals surface area contributed by atoms with Crippen LogP contribution in [0.4, 0.5) is 4.39 Å². The number of rotatable bonds is 3. The molecule has 1 aliphatic heterocycles. The summed E-state index contributed by atoms with van der Waals surface area (Å²) in [5, 5.41) is 12.7. The number of hydrogen-bond acceptors (Lipinski definition) is 4. The zero-order chi connectivity index (χ0) is 16.4. The van der Waals surface area contributed by atoms with Crippen molar-refractivity contribution in [2.45, 2.75) is 19.9 Å². The molecule has 0 fully saturated rings. The fourth-order valence-corrected chi connectivity index (χ4v) is 2.36. The molecule has 1 atom stereocenters. The molecule has 6 heteroatoms. The lowest BCUT2D eigenvalue weighted by Crippen LogP contribution is -2.42. The van der Waals surface area contributed by atoms with E-state index < -0.39 is 12.0 Å². The largest absolute Gasteiger partial charge is 0.478 e. The lowest BCUT2D eigenvalue weighted by Gasteiger charge is -2.31. The van der Waals surface area contributed by atoms with Crippen LogP contribution in [0.1, 0.15) is 25.5 Å². The highest BCUT2D eigenvalue weighted by atomic mass is 19.1. The van der Waals surface area contributed by atoms with Gasteiger partial charge in [-0.05, 0) is 23.6 Å². The van der Waals surface area contributed by atoms with Crippen LogP contribution in [0.2, 0.25) is 0 Å². The van der Waals surface area contributed by atoms with E-state index in [1.165, 1.54) is 12.1 Å². The van der Waals surface area contributed by atoms with Crippen molar-refractivity contribution < 1.29 is 14.3 Å². The molecule has 0 amide bonds. The monoisotopic (exact) mass is 305 g/mol. The van der Waals surface area contributed by atoms with Crippen LogP contribution >= 0.6 is 0 Å². The smallest absolute Gasteiger partial charge is 0.335 e. The minimum absolute atomic E-state index is 0.000464. The van der Waals surface area contributed by atoms with E-state index in [1.807, 2.05) is 27.9 Å². The second-order valence-corrected chi connectivity index (χ2v) is 5.71. The normalized spacial score (nSPS) is 18.1. The van der Waals surface area contributed by atoms with Gasteiger partial charge in [-0.3, -0.25) is 0 Å². The number of aliphatic imine (C=N–C) groups is 1. The number of carboxylic acid groups (broad SMARTS) is 1. The minimum atomic E-state index is -1.02. The van der Waals surface area contributed by atoms with Gasteiger partial charge in [0, 0.05) is 19.8 Å². The molecule has 22 heavy (non-hydrogen) atoms. The van der Waals surface area contributed by atoms with Crippen LogP contribution in [0.15, 0.2) is 40.5 Å². The first-order valence-corrected chi connectivity index (χ1v) is 7.06. The summed E-state index contributed by atoms with van der Waals surface area (Å²) in [5.74, 6) is -0.797. The molecule has 5 nitrogen and oxygen atoms in total. The number of halogens is 1. The van der Waals surface area contributed by atoms with Crippen LogP contribution < -0.4 is 5.32 Å². The number of allylic oxidation sites excluding steroid dienone is 1. The van der Waals surface area contributed by atoms with Crippen LogP contribution in [-0.4, -0.2) is 36.0 Å². The van der Waals surface area contributed by atoms with Crippen molar-refractivity contribution in [1.29, 1.82) is 0 Å². The van der Waals surface area contributed by atoms with E-state index in [9.17, 15) is 14.3 Å². The summed E-state index contributed by atoms with van der Waals surface area (Å²) in [6.07, 6.45) is 0. The molecule has 1 aromatic rings. The maximum Gasteiger partial charge on any atom is 0.335 e. The maximum absolute atomic E-state index is 13.1. The lowest BCUT2D eigenvalue weighted by atomic mass is 9.92. The number of aliphatic carboxylic acids is 1. The molecule has 0 bridgehead atoms. The molecule has 0 spiro atoms. The van der Waals surface area contributed by atoms with Gasteiger partial charge in [-0.2, -0.15) is 0 Å². The third-order valence-corrected chi connectivity index (χ3v) is 3.48. The van der Waals surface area contributed by atoms with E-state index in [0.29, 0.717) is 17.2 Å². The van der Waals surface area contributed by atoms with Crippen molar-refractivity contribution in [3.63, 3.8) is 0 Å². The average molecular weight is 305 g/mol. The predicted molar refractivity (Wildman–Crippen MR) is 82.9 cm³/mol. The first-order valence-electron chi connectivity index (χ1n) is 7.06. The van der Waals surface area contributed by atoms with Crippen LogP contribution in [0.3, 0.4) is 0 Å². The molecule has 1 aliphatic rings. The van der Waals surface area contributed by atoms with Crippen molar-refractivity contribution >= 4 is 11.9 Å². The Hall–Kier alpha value is -2.37. The number of nitrogens with zero attached hydrogens (tertiary/aromatic N) is 2. The third-order valence-electron chi connectivity index (χ3n) is 3.48. The summed E-state index contributed by atoms with van der Waals surface area (Å²) in [4.78, 5) is 18.0. The lowest BCUT2D eigenvalue weighted by molar-refractivity contribution is -0.133. The Labute approximate surface area is 129 Å². The number of benzene rings is 1. The zero-order valence-corrected chi connectivity index (χ0v) is 13.1. The third kappa shape index (κ3) is 3.10. The number of hydrogen-bond donors (Lipinski definition) is 2. The summed E-state index contributed by atoms with van der Waals surface area (Å²) in [7, 11) is 3.66. The molecule has 0 radical (unpaired) electrons. The van der Waals surface area contributed by atoms with Gasteiger partial charge in [0.2, 0.25) is 0 Å². The summed E-state index contributed by atoms with van der Waals surface area (Å²) in [6.45, 7) is 3.84. The van der Waals surface area contributed by atoms with Gasteiger partial charge in [0.15, 0.2) is 5.96 Å². The summed E-state index contributed by atoms with van der Waals surface area (Å²) in [5.41, 5.74) is 1.48. The fourth-order valence-electron chi connectivity index (χ4n) is 2.36. The van der Waals surface area contributed by atoms with Gasteiger partial charge in [0.25, 0.3) is 0 Å². The molecule has 0 aromatic heterocycles. The maximum atomic E-state index is 13.1. The molecule has 0 saturated carbocycles. The number of carboxylic acids is 1. The van der Waals surface area contributed by atoms with E-state index in [2.05, 4.69) is 10.3 Å². The summed E-state index contributed by atoms with van der Waals surface area (Å²) >= 11 is 0. The molecule has 0 aliphatic carbocycles. The SMILES string of the molecule is CC(C)C1=C(C(=O)O)C(c2ccc(F)cc2)N=C(N(C)C)N1. The number of guanidine groups is 1. The van der Waals surface area contributed by atoms with Crippen LogP contribution in [0.5, 0.6) is 0 Å². The van der Waals surface area contributed by atoms with Crippen molar-refractivity contribution in [1.82, 2.24) is 10.2 Å². The van der Waals surface area contributed by atoms with E-state index in [1.54, 1.807) is 17.0 Å². The topological polar surface area (TPSA) is 64.9 Å². The molecule has 118 valence electrons. The molecule has 0 saturated heterocycles. The van der Waals surface area contributed by atoms with Gasteiger partial charge in [-0.1, -0.05) is 26.0 Å². The molecule has 1 unspecified atom stereocenters. The van der Waals surface area contributed by atoms with Gasteiger partial charge >= 0.3 is 5.97 Å². The molecule has 2 N–H and O–H groups in total. The van der Waals surface area contributed by atoms with E-state index in [0.717, 1.165) is 0 Å². The Morgan fingerprint density at radius 3 is 2.36 bits per heavy atom. The van der Waals surface area contributed by atoms with Gasteiger partial charge in [0.05, 0.1) is 5.57 Å². The van der Waals surface area contributed by atoms with Crippen molar-refractivity contribution in [3.8, 4) is 0 Å². The van der Waals surface area contributed by atoms with Gasteiger partial charge in [-0.15, -0.1) is 0 Å². The zero-order valence-electron chi connectivity index (χ0n) is 13.1. The Morgan fingerprint density at radius 1 is 1.32 bits per heavy atom. The Balaban J connectivity index is 2.59. The van der Waals surface area contributed by atoms with Crippen LogP contribution in [-0.2, 0) is 4.79 Å². The number of nitrogens with one attached hydrogen (secondary N) is 1. The Bertz CT molecular complexity index is 633. The highest BCUT2D eigenvalue weighted by molar-refractivity contribution is 5.94. The van der Waals surface area contributed by atoms with Crippen molar-refractivity contribution in [3.05, 3.63) is 46.9 Å². The molecule has 2 rings (SSSR count). The Morgan fingerprint density at radius 2 is 1.91 bits per heavy atom. The van der Waals surface area contributed by atoms with E-state index >= 15 is 0 Å². The highest BCUT2D eigenvalue weighted by Crippen LogP contribution is 2.33.